The van der Waals surface area contributed by atoms with Crippen molar-refractivity contribution in [2.45, 2.75) is 6.42 Å². The minimum absolute atomic E-state index is 0.812. The van der Waals surface area contributed by atoms with E-state index in [0.717, 1.165) is 35.6 Å². The summed E-state index contributed by atoms with van der Waals surface area (Å²) in [6.07, 6.45) is 2.84. The van der Waals surface area contributed by atoms with Crippen molar-refractivity contribution < 1.29 is 0 Å². The van der Waals surface area contributed by atoms with Crippen molar-refractivity contribution in [2.24, 2.45) is 7.05 Å². The lowest BCUT2D eigenvalue weighted by Gasteiger charge is -1.99. The molecule has 0 aliphatic rings. The number of benzene rings is 1. The van der Waals surface area contributed by atoms with E-state index in [-0.39, 0.29) is 0 Å². The van der Waals surface area contributed by atoms with E-state index in [1.54, 1.807) is 0 Å². The van der Waals surface area contributed by atoms with E-state index in [4.69, 9.17) is 0 Å². The predicted molar refractivity (Wildman–Crippen MR) is 71.5 cm³/mol. The zero-order valence-corrected chi connectivity index (χ0v) is 10.2. The smallest absolute Gasteiger partial charge is 0.201 e. The fourth-order valence-corrected chi connectivity index (χ4v) is 1.94. The van der Waals surface area contributed by atoms with Gasteiger partial charge in [0.1, 0.15) is 0 Å². The van der Waals surface area contributed by atoms with Crippen molar-refractivity contribution in [3.8, 4) is 0 Å². The monoisotopic (exact) mass is 241 g/mol. The molecular weight excluding hydrogens is 226 g/mol. The van der Waals surface area contributed by atoms with Crippen molar-refractivity contribution in [2.75, 3.05) is 11.9 Å². The average Bonchev–Trinajstić information content (AvgIpc) is 2.95. The molecule has 0 atom stereocenters. The third-order valence-corrected chi connectivity index (χ3v) is 2.83. The number of imidazole rings is 1. The summed E-state index contributed by atoms with van der Waals surface area (Å²) < 4.78 is 1.82. The molecule has 0 radical (unpaired) electrons. The van der Waals surface area contributed by atoms with Gasteiger partial charge in [-0.3, -0.25) is 4.68 Å². The Labute approximate surface area is 105 Å². The van der Waals surface area contributed by atoms with Crippen molar-refractivity contribution in [1.82, 2.24) is 19.7 Å². The van der Waals surface area contributed by atoms with E-state index < -0.39 is 0 Å². The predicted octanol–water partition coefficient (Wildman–Crippen LogP) is 1.95. The Kier molecular flexibility index (Phi) is 2.72. The number of fused-ring (bicyclic) bond motifs is 1. The van der Waals surface area contributed by atoms with Crippen LogP contribution in [0.3, 0.4) is 0 Å². The summed E-state index contributed by atoms with van der Waals surface area (Å²) in [5.74, 6) is 0.812. The van der Waals surface area contributed by atoms with Gasteiger partial charge in [-0.1, -0.05) is 12.1 Å². The summed E-state index contributed by atoms with van der Waals surface area (Å²) in [4.78, 5) is 7.70. The van der Waals surface area contributed by atoms with Gasteiger partial charge in [0.15, 0.2) is 0 Å². The van der Waals surface area contributed by atoms with Crippen LogP contribution < -0.4 is 5.32 Å². The highest BCUT2D eigenvalue weighted by atomic mass is 15.2. The summed E-state index contributed by atoms with van der Waals surface area (Å²) in [6, 6.07) is 10.0. The van der Waals surface area contributed by atoms with E-state index in [9.17, 15) is 0 Å². The molecule has 0 aliphatic carbocycles. The molecule has 5 heteroatoms. The van der Waals surface area contributed by atoms with E-state index in [0.29, 0.717) is 0 Å². The van der Waals surface area contributed by atoms with Gasteiger partial charge >= 0.3 is 0 Å². The van der Waals surface area contributed by atoms with Gasteiger partial charge in [-0.2, -0.15) is 5.10 Å². The highest BCUT2D eigenvalue weighted by Crippen LogP contribution is 2.13. The second-order valence-corrected chi connectivity index (χ2v) is 4.26. The van der Waals surface area contributed by atoms with Crippen LogP contribution in [-0.2, 0) is 13.5 Å². The van der Waals surface area contributed by atoms with Crippen molar-refractivity contribution in [3.63, 3.8) is 0 Å². The van der Waals surface area contributed by atoms with Crippen LogP contribution >= 0.6 is 0 Å². The molecule has 5 nitrogen and oxygen atoms in total. The van der Waals surface area contributed by atoms with Gasteiger partial charge in [0, 0.05) is 26.2 Å². The number of nitrogens with one attached hydrogen (secondary N) is 2. The van der Waals surface area contributed by atoms with Crippen LogP contribution in [0.4, 0.5) is 5.95 Å². The Morgan fingerprint density at radius 2 is 2.17 bits per heavy atom. The Bertz CT molecular complexity index is 619. The van der Waals surface area contributed by atoms with E-state index in [1.807, 2.05) is 48.3 Å². The molecule has 18 heavy (non-hydrogen) atoms. The highest BCUT2D eigenvalue weighted by molar-refractivity contribution is 5.77. The van der Waals surface area contributed by atoms with Crippen LogP contribution in [0.25, 0.3) is 11.0 Å². The maximum absolute atomic E-state index is 4.46. The van der Waals surface area contributed by atoms with Gasteiger partial charge in [0.2, 0.25) is 5.95 Å². The van der Waals surface area contributed by atoms with Crippen LogP contribution in [0.5, 0.6) is 0 Å². The summed E-state index contributed by atoms with van der Waals surface area (Å²) in [6.45, 7) is 0.816. The molecule has 0 bridgehead atoms. The maximum Gasteiger partial charge on any atom is 0.201 e. The molecule has 3 rings (SSSR count). The zero-order valence-electron chi connectivity index (χ0n) is 10.2. The Morgan fingerprint density at radius 3 is 2.94 bits per heavy atom. The third kappa shape index (κ3) is 2.20. The molecule has 0 unspecified atom stereocenters. The van der Waals surface area contributed by atoms with E-state index in [2.05, 4.69) is 20.4 Å². The van der Waals surface area contributed by atoms with Gasteiger partial charge in [-0.05, 0) is 18.2 Å². The van der Waals surface area contributed by atoms with Crippen LogP contribution in [-0.4, -0.2) is 26.3 Å². The fourth-order valence-electron chi connectivity index (χ4n) is 1.94. The molecular formula is C13H15N5. The van der Waals surface area contributed by atoms with Crippen LogP contribution in [0, 0.1) is 0 Å². The lowest BCUT2D eigenvalue weighted by molar-refractivity contribution is 0.741. The van der Waals surface area contributed by atoms with Crippen LogP contribution in [0.2, 0.25) is 0 Å². The van der Waals surface area contributed by atoms with Gasteiger partial charge in [-0.15, -0.1) is 0 Å². The summed E-state index contributed by atoms with van der Waals surface area (Å²) in [5, 5.41) is 7.61. The largest absolute Gasteiger partial charge is 0.355 e. The standard InChI is InChI=1S/C13H15N5/c1-18-9-7-10(17-18)6-8-14-13-15-11-4-2-3-5-12(11)16-13/h2-5,7,9H,6,8H2,1H3,(H2,14,15,16). The molecule has 1 aromatic carbocycles. The van der Waals surface area contributed by atoms with Crippen molar-refractivity contribution in [1.29, 1.82) is 0 Å². The van der Waals surface area contributed by atoms with Crippen LogP contribution in [0.15, 0.2) is 36.5 Å². The van der Waals surface area contributed by atoms with Gasteiger partial charge in [0.05, 0.1) is 16.7 Å². The Morgan fingerprint density at radius 1 is 1.28 bits per heavy atom. The molecule has 2 heterocycles. The first kappa shape index (κ1) is 10.8. The third-order valence-electron chi connectivity index (χ3n) is 2.83. The topological polar surface area (TPSA) is 58.5 Å². The van der Waals surface area contributed by atoms with Crippen LogP contribution in [0.1, 0.15) is 5.69 Å². The second kappa shape index (κ2) is 4.52. The van der Waals surface area contributed by atoms with Gasteiger partial charge in [-0.25, -0.2) is 4.98 Å². The molecule has 0 fully saturated rings. The lowest BCUT2D eigenvalue weighted by atomic mass is 10.3. The minimum atomic E-state index is 0.812. The normalized spacial score (nSPS) is 10.9. The fraction of sp³-hybridized carbons (Fsp3) is 0.231. The first-order valence-corrected chi connectivity index (χ1v) is 5.98. The Hall–Kier alpha value is -2.30. The van der Waals surface area contributed by atoms with E-state index >= 15 is 0 Å². The number of hydrogen-bond donors (Lipinski definition) is 2. The van der Waals surface area contributed by atoms with Crippen molar-refractivity contribution in [3.05, 3.63) is 42.2 Å². The number of para-hydroxylation sites is 2. The molecule has 92 valence electrons. The SMILES string of the molecule is Cn1ccc(CCNc2nc3ccccc3[nH]2)n1. The number of nitrogens with zero attached hydrogens (tertiary/aromatic N) is 3. The number of anilines is 1. The maximum atomic E-state index is 4.46. The first-order chi connectivity index (χ1) is 8.81. The van der Waals surface area contributed by atoms with Gasteiger partial charge < -0.3 is 10.3 Å². The molecule has 2 aromatic heterocycles. The minimum Gasteiger partial charge on any atom is -0.355 e. The number of aromatic nitrogens is 4. The lowest BCUT2D eigenvalue weighted by Crippen LogP contribution is -2.06. The summed E-state index contributed by atoms with van der Waals surface area (Å²) in [5.41, 5.74) is 3.12. The quantitative estimate of drug-likeness (QED) is 0.734. The molecule has 2 N–H and O–H groups in total. The molecule has 3 aromatic rings. The highest BCUT2D eigenvalue weighted by Gasteiger charge is 2.01. The number of aromatic amines is 1. The first-order valence-electron chi connectivity index (χ1n) is 5.98. The second-order valence-electron chi connectivity index (χ2n) is 4.26. The number of rotatable bonds is 4. The Balaban J connectivity index is 1.62. The summed E-state index contributed by atoms with van der Waals surface area (Å²) >= 11 is 0. The molecule has 0 amide bonds. The average molecular weight is 241 g/mol. The van der Waals surface area contributed by atoms with Crippen molar-refractivity contribution >= 4 is 17.0 Å². The molecule has 0 spiro atoms. The molecule has 0 saturated heterocycles. The van der Waals surface area contributed by atoms with E-state index in [1.165, 1.54) is 0 Å². The zero-order chi connectivity index (χ0) is 12.4. The number of hydrogen-bond acceptors (Lipinski definition) is 3. The molecule has 0 aliphatic heterocycles. The molecule has 0 saturated carbocycles. The number of aryl methyl sites for hydroxylation is 1. The van der Waals surface area contributed by atoms with Gasteiger partial charge in [0.25, 0.3) is 0 Å². The number of H-pyrrole nitrogens is 1. The summed E-state index contributed by atoms with van der Waals surface area (Å²) in [7, 11) is 1.93.